The molecule has 1 N–H and O–H groups in total. The summed E-state index contributed by atoms with van der Waals surface area (Å²) in [6, 6.07) is 15.4. The average molecular weight is 475 g/mol. The van der Waals surface area contributed by atoms with Crippen LogP contribution in [0.3, 0.4) is 0 Å². The van der Waals surface area contributed by atoms with Crippen LogP contribution in [-0.2, 0) is 21.4 Å². The first-order chi connectivity index (χ1) is 15.1. The summed E-state index contributed by atoms with van der Waals surface area (Å²) >= 11 is 5.89. The lowest BCUT2D eigenvalue weighted by Crippen LogP contribution is -2.38. The normalized spacial score (nSPS) is 11.6. The first-order valence-electron chi connectivity index (χ1n) is 9.95. The van der Waals surface area contributed by atoms with Crippen LogP contribution < -0.4 is 5.32 Å². The van der Waals surface area contributed by atoms with Crippen LogP contribution in [0, 0.1) is 26.6 Å². The summed E-state index contributed by atoms with van der Waals surface area (Å²) in [5.74, 6) is -1.07. The van der Waals surface area contributed by atoms with Gasteiger partial charge in [-0.3, -0.25) is 4.79 Å². The zero-order valence-corrected chi connectivity index (χ0v) is 19.6. The van der Waals surface area contributed by atoms with Crippen LogP contribution in [0.5, 0.6) is 0 Å². The maximum atomic E-state index is 14.3. The molecule has 0 saturated carbocycles. The minimum Gasteiger partial charge on any atom is -0.324 e. The molecule has 0 bridgehead atoms. The van der Waals surface area contributed by atoms with Crippen molar-refractivity contribution in [2.45, 2.75) is 32.2 Å². The van der Waals surface area contributed by atoms with Gasteiger partial charge in [0.15, 0.2) is 0 Å². The van der Waals surface area contributed by atoms with E-state index < -0.39 is 28.3 Å². The first kappa shape index (κ1) is 23.9. The Kier molecular flexibility index (Phi) is 7.33. The zero-order valence-electron chi connectivity index (χ0n) is 18.0. The Labute approximate surface area is 192 Å². The van der Waals surface area contributed by atoms with Crippen molar-refractivity contribution in [3.8, 4) is 0 Å². The molecule has 0 aliphatic rings. The number of carbonyl (C=O) groups excluding carboxylic acids is 1. The molecule has 3 aromatic carbocycles. The molecule has 0 heterocycles. The Morgan fingerprint density at radius 3 is 2.19 bits per heavy atom. The number of rotatable bonds is 7. The molecule has 0 aromatic heterocycles. The van der Waals surface area contributed by atoms with Gasteiger partial charge in [0.05, 0.1) is 11.4 Å². The Morgan fingerprint density at radius 1 is 1.00 bits per heavy atom. The summed E-state index contributed by atoms with van der Waals surface area (Å²) in [4.78, 5) is 12.9. The summed E-state index contributed by atoms with van der Waals surface area (Å²) in [7, 11) is -4.10. The van der Waals surface area contributed by atoms with E-state index in [0.717, 1.165) is 21.0 Å². The van der Waals surface area contributed by atoms with Crippen LogP contribution in [-0.4, -0.2) is 25.2 Å². The van der Waals surface area contributed by atoms with Gasteiger partial charge in [-0.05, 0) is 62.2 Å². The number of anilines is 1. The van der Waals surface area contributed by atoms with E-state index in [-0.39, 0.29) is 17.0 Å². The van der Waals surface area contributed by atoms with Crippen molar-refractivity contribution in [1.29, 1.82) is 0 Å². The highest BCUT2D eigenvalue weighted by Gasteiger charge is 2.28. The lowest BCUT2D eigenvalue weighted by Gasteiger charge is -2.23. The van der Waals surface area contributed by atoms with E-state index in [1.54, 1.807) is 6.07 Å². The monoisotopic (exact) mass is 474 g/mol. The predicted molar refractivity (Wildman–Crippen MR) is 125 cm³/mol. The second-order valence-electron chi connectivity index (χ2n) is 7.64. The molecule has 0 fully saturated rings. The molecule has 1 amide bonds. The fraction of sp³-hybridized carbons (Fsp3) is 0.208. The Bertz CT molecular complexity index is 1220. The number of aryl methyl sites for hydroxylation is 3. The molecular formula is C24H24ClFN2O3S. The van der Waals surface area contributed by atoms with Gasteiger partial charge >= 0.3 is 0 Å². The van der Waals surface area contributed by atoms with E-state index >= 15 is 0 Å². The lowest BCUT2D eigenvalue weighted by atomic mass is 10.1. The number of halogens is 2. The van der Waals surface area contributed by atoms with Crippen LogP contribution in [0.2, 0.25) is 5.02 Å². The molecule has 0 unspecified atom stereocenters. The van der Waals surface area contributed by atoms with Crippen LogP contribution >= 0.6 is 11.6 Å². The Balaban J connectivity index is 1.93. The topological polar surface area (TPSA) is 66.5 Å². The Morgan fingerprint density at radius 2 is 1.59 bits per heavy atom. The van der Waals surface area contributed by atoms with Crippen molar-refractivity contribution in [1.82, 2.24) is 4.31 Å². The summed E-state index contributed by atoms with van der Waals surface area (Å²) in [6.45, 7) is 4.93. The minimum absolute atomic E-state index is 0.0336. The number of sulfonamides is 1. The SMILES string of the molecule is Cc1cc(C)c(NC(=O)CN(Cc2ccccc2F)S(=O)(=O)c2ccc(Cl)cc2)c(C)c1. The fourth-order valence-electron chi connectivity index (χ4n) is 3.51. The number of nitrogens with one attached hydrogen (secondary N) is 1. The van der Waals surface area contributed by atoms with E-state index in [0.29, 0.717) is 10.7 Å². The van der Waals surface area contributed by atoms with E-state index in [9.17, 15) is 17.6 Å². The quantitative estimate of drug-likeness (QED) is 0.509. The molecule has 3 rings (SSSR count). The summed E-state index contributed by atoms with van der Waals surface area (Å²) in [5, 5.41) is 3.19. The van der Waals surface area contributed by atoms with Crippen molar-refractivity contribution < 1.29 is 17.6 Å². The molecule has 0 aliphatic carbocycles. The summed E-state index contributed by atoms with van der Waals surface area (Å²) in [5.41, 5.74) is 3.61. The average Bonchev–Trinajstić information content (AvgIpc) is 2.72. The van der Waals surface area contributed by atoms with Gasteiger partial charge in [0.1, 0.15) is 5.82 Å². The van der Waals surface area contributed by atoms with Gasteiger partial charge in [-0.1, -0.05) is 47.5 Å². The zero-order chi connectivity index (χ0) is 23.5. The Hall–Kier alpha value is -2.74. The molecule has 168 valence electrons. The largest absolute Gasteiger partial charge is 0.324 e. The summed E-state index contributed by atoms with van der Waals surface area (Å²) < 4.78 is 41.9. The van der Waals surface area contributed by atoms with Crippen molar-refractivity contribution >= 4 is 33.2 Å². The van der Waals surface area contributed by atoms with E-state index in [4.69, 9.17) is 11.6 Å². The second-order valence-corrected chi connectivity index (χ2v) is 10.0. The molecule has 0 atom stereocenters. The van der Waals surface area contributed by atoms with Crippen LogP contribution in [0.4, 0.5) is 10.1 Å². The molecular weight excluding hydrogens is 451 g/mol. The molecule has 5 nitrogen and oxygen atoms in total. The number of hydrogen-bond donors (Lipinski definition) is 1. The molecule has 32 heavy (non-hydrogen) atoms. The van der Waals surface area contributed by atoms with Gasteiger partial charge in [-0.25, -0.2) is 12.8 Å². The molecule has 0 radical (unpaired) electrons. The van der Waals surface area contributed by atoms with Gasteiger partial charge in [-0.2, -0.15) is 4.31 Å². The van der Waals surface area contributed by atoms with Crippen molar-refractivity contribution in [2.24, 2.45) is 0 Å². The van der Waals surface area contributed by atoms with Crippen LogP contribution in [0.25, 0.3) is 0 Å². The summed E-state index contributed by atoms with van der Waals surface area (Å²) in [6.07, 6.45) is 0. The number of benzene rings is 3. The molecule has 0 spiro atoms. The fourth-order valence-corrected chi connectivity index (χ4v) is 5.01. The van der Waals surface area contributed by atoms with Crippen LogP contribution in [0.1, 0.15) is 22.3 Å². The maximum absolute atomic E-state index is 14.3. The maximum Gasteiger partial charge on any atom is 0.243 e. The third-order valence-corrected chi connectivity index (χ3v) is 7.08. The molecule has 8 heteroatoms. The van der Waals surface area contributed by atoms with Crippen LogP contribution in [0.15, 0.2) is 65.6 Å². The van der Waals surface area contributed by atoms with Crippen molar-refractivity contribution in [3.63, 3.8) is 0 Å². The van der Waals surface area contributed by atoms with E-state index in [2.05, 4.69) is 5.32 Å². The minimum atomic E-state index is -4.10. The number of hydrogen-bond acceptors (Lipinski definition) is 3. The van der Waals surface area contributed by atoms with E-state index in [1.807, 2.05) is 32.9 Å². The van der Waals surface area contributed by atoms with Crippen molar-refractivity contribution in [3.05, 3.63) is 93.8 Å². The number of amides is 1. The highest BCUT2D eigenvalue weighted by molar-refractivity contribution is 7.89. The number of carbonyl (C=O) groups is 1. The van der Waals surface area contributed by atoms with E-state index in [1.165, 1.54) is 42.5 Å². The molecule has 0 aliphatic heterocycles. The van der Waals surface area contributed by atoms with Gasteiger partial charge in [0.2, 0.25) is 15.9 Å². The van der Waals surface area contributed by atoms with Gasteiger partial charge in [-0.15, -0.1) is 0 Å². The molecule has 3 aromatic rings. The predicted octanol–water partition coefficient (Wildman–Crippen LogP) is 5.23. The van der Waals surface area contributed by atoms with Crippen molar-refractivity contribution in [2.75, 3.05) is 11.9 Å². The third-order valence-electron chi connectivity index (χ3n) is 5.02. The highest BCUT2D eigenvalue weighted by Crippen LogP contribution is 2.24. The van der Waals surface area contributed by atoms with Gasteiger partial charge in [0.25, 0.3) is 0 Å². The third kappa shape index (κ3) is 5.54. The number of nitrogens with zero attached hydrogens (tertiary/aromatic N) is 1. The van der Waals surface area contributed by atoms with Gasteiger partial charge < -0.3 is 5.32 Å². The smallest absolute Gasteiger partial charge is 0.243 e. The first-order valence-corrected chi connectivity index (χ1v) is 11.8. The lowest BCUT2D eigenvalue weighted by molar-refractivity contribution is -0.116. The molecule has 0 saturated heterocycles. The van der Waals surface area contributed by atoms with Gasteiger partial charge in [0, 0.05) is 22.8 Å². The standard InChI is InChI=1S/C24H24ClFN2O3S/c1-16-12-17(2)24(18(3)13-16)27-23(29)15-28(14-19-6-4-5-7-22(19)26)32(30,31)21-10-8-20(25)9-11-21/h4-13H,14-15H2,1-3H3,(H,27,29). The highest BCUT2D eigenvalue weighted by atomic mass is 35.5. The second kappa shape index (κ2) is 9.81.